The quantitative estimate of drug-likeness (QED) is 0.563. The first kappa shape index (κ1) is 10.5. The van der Waals surface area contributed by atoms with E-state index in [2.05, 4.69) is 5.32 Å². The molecule has 0 bridgehead atoms. The average molecular weight is 187 g/mol. The standard InChI is InChI=1S/C9H17NO3/c11-6-8(12)5-10-9(13)7-3-1-2-4-7/h7-8,11-12H,1-6H2,(H,10,13). The molecular weight excluding hydrogens is 170 g/mol. The summed E-state index contributed by atoms with van der Waals surface area (Å²) >= 11 is 0. The maximum Gasteiger partial charge on any atom is 0.223 e. The number of rotatable bonds is 4. The molecule has 1 rings (SSSR count). The zero-order valence-electron chi connectivity index (χ0n) is 7.70. The van der Waals surface area contributed by atoms with Gasteiger partial charge in [0, 0.05) is 12.5 Å². The number of carbonyl (C=O) groups is 1. The minimum atomic E-state index is -0.828. The van der Waals surface area contributed by atoms with Crippen molar-refractivity contribution in [2.24, 2.45) is 5.92 Å². The van der Waals surface area contributed by atoms with Crippen LogP contribution in [0.1, 0.15) is 25.7 Å². The van der Waals surface area contributed by atoms with E-state index in [1.807, 2.05) is 0 Å². The van der Waals surface area contributed by atoms with Crippen LogP contribution in [0.3, 0.4) is 0 Å². The highest BCUT2D eigenvalue weighted by Gasteiger charge is 2.22. The minimum absolute atomic E-state index is 0.0185. The van der Waals surface area contributed by atoms with E-state index in [4.69, 9.17) is 10.2 Å². The third-order valence-corrected chi connectivity index (χ3v) is 2.45. The van der Waals surface area contributed by atoms with Crippen LogP contribution in [0.5, 0.6) is 0 Å². The van der Waals surface area contributed by atoms with Crippen LogP contribution in [0.2, 0.25) is 0 Å². The molecule has 0 heterocycles. The molecule has 4 heteroatoms. The fraction of sp³-hybridized carbons (Fsp3) is 0.889. The molecule has 0 aromatic rings. The van der Waals surface area contributed by atoms with Gasteiger partial charge in [-0.1, -0.05) is 12.8 Å². The van der Waals surface area contributed by atoms with Gasteiger partial charge >= 0.3 is 0 Å². The predicted molar refractivity (Wildman–Crippen MR) is 48.1 cm³/mol. The van der Waals surface area contributed by atoms with Crippen molar-refractivity contribution < 1.29 is 15.0 Å². The Kier molecular flexibility index (Phi) is 4.18. The second-order valence-corrected chi connectivity index (χ2v) is 3.56. The number of aliphatic hydroxyl groups excluding tert-OH is 2. The average Bonchev–Trinajstić information content (AvgIpc) is 2.66. The van der Waals surface area contributed by atoms with Crippen molar-refractivity contribution in [2.45, 2.75) is 31.8 Å². The first-order valence-electron chi connectivity index (χ1n) is 4.80. The molecule has 13 heavy (non-hydrogen) atoms. The maximum atomic E-state index is 11.4. The van der Waals surface area contributed by atoms with Crippen molar-refractivity contribution in [3.8, 4) is 0 Å². The van der Waals surface area contributed by atoms with Crippen LogP contribution in [-0.4, -0.2) is 35.4 Å². The van der Waals surface area contributed by atoms with Gasteiger partial charge in [0.05, 0.1) is 12.7 Å². The summed E-state index contributed by atoms with van der Waals surface area (Å²) in [6.07, 6.45) is 3.34. The molecule has 1 atom stereocenters. The van der Waals surface area contributed by atoms with Crippen molar-refractivity contribution >= 4 is 5.91 Å². The zero-order valence-corrected chi connectivity index (χ0v) is 7.70. The monoisotopic (exact) mass is 187 g/mol. The smallest absolute Gasteiger partial charge is 0.223 e. The van der Waals surface area contributed by atoms with E-state index in [0.717, 1.165) is 25.7 Å². The summed E-state index contributed by atoms with van der Waals surface area (Å²) in [5.41, 5.74) is 0. The van der Waals surface area contributed by atoms with Crippen molar-refractivity contribution in [3.63, 3.8) is 0 Å². The van der Waals surface area contributed by atoms with Gasteiger partial charge in [-0.2, -0.15) is 0 Å². The van der Waals surface area contributed by atoms with Crippen molar-refractivity contribution in [3.05, 3.63) is 0 Å². The Balaban J connectivity index is 2.16. The molecule has 0 radical (unpaired) electrons. The van der Waals surface area contributed by atoms with Crippen LogP contribution in [0.25, 0.3) is 0 Å². The van der Waals surface area contributed by atoms with Gasteiger partial charge in [-0.25, -0.2) is 0 Å². The van der Waals surface area contributed by atoms with E-state index in [9.17, 15) is 4.79 Å². The first-order chi connectivity index (χ1) is 6.24. The molecule has 1 aliphatic carbocycles. The van der Waals surface area contributed by atoms with E-state index in [0.29, 0.717) is 0 Å². The highest BCUT2D eigenvalue weighted by Crippen LogP contribution is 2.24. The van der Waals surface area contributed by atoms with Crippen LogP contribution >= 0.6 is 0 Å². The fourth-order valence-electron chi connectivity index (χ4n) is 1.62. The Morgan fingerprint density at radius 3 is 2.62 bits per heavy atom. The Bertz CT molecular complexity index is 166. The highest BCUT2D eigenvalue weighted by molar-refractivity contribution is 5.78. The minimum Gasteiger partial charge on any atom is -0.394 e. The lowest BCUT2D eigenvalue weighted by Crippen LogP contribution is -2.36. The molecular formula is C9H17NO3. The van der Waals surface area contributed by atoms with Crippen LogP contribution in [-0.2, 0) is 4.79 Å². The Morgan fingerprint density at radius 2 is 2.08 bits per heavy atom. The van der Waals surface area contributed by atoms with Gasteiger partial charge in [-0.05, 0) is 12.8 Å². The molecule has 0 saturated heterocycles. The summed E-state index contributed by atoms with van der Waals surface area (Å²) in [7, 11) is 0. The summed E-state index contributed by atoms with van der Waals surface area (Å²) in [6.45, 7) is -0.142. The first-order valence-corrected chi connectivity index (χ1v) is 4.80. The van der Waals surface area contributed by atoms with E-state index >= 15 is 0 Å². The van der Waals surface area contributed by atoms with E-state index in [-0.39, 0.29) is 25.0 Å². The molecule has 4 nitrogen and oxygen atoms in total. The second-order valence-electron chi connectivity index (χ2n) is 3.56. The summed E-state index contributed by atoms with van der Waals surface area (Å²) in [4.78, 5) is 11.4. The fourth-order valence-corrected chi connectivity index (χ4v) is 1.62. The van der Waals surface area contributed by atoms with Crippen LogP contribution in [0.15, 0.2) is 0 Å². The summed E-state index contributed by atoms with van der Waals surface area (Å²) < 4.78 is 0. The lowest BCUT2D eigenvalue weighted by molar-refractivity contribution is -0.125. The van der Waals surface area contributed by atoms with E-state index in [1.54, 1.807) is 0 Å². The summed E-state index contributed by atoms with van der Waals surface area (Å²) in [5, 5.41) is 20.1. The van der Waals surface area contributed by atoms with Gasteiger partial charge in [0.1, 0.15) is 0 Å². The molecule has 0 aromatic heterocycles. The molecule has 0 aliphatic heterocycles. The van der Waals surface area contributed by atoms with Gasteiger partial charge in [0.25, 0.3) is 0 Å². The third kappa shape index (κ3) is 3.32. The summed E-state index contributed by atoms with van der Waals surface area (Å²) in [6, 6.07) is 0. The Morgan fingerprint density at radius 1 is 1.46 bits per heavy atom. The molecule has 0 spiro atoms. The number of hydrogen-bond acceptors (Lipinski definition) is 3. The van der Waals surface area contributed by atoms with Crippen LogP contribution < -0.4 is 5.32 Å². The van der Waals surface area contributed by atoms with E-state index in [1.165, 1.54) is 0 Å². The van der Waals surface area contributed by atoms with Crippen molar-refractivity contribution in [2.75, 3.05) is 13.2 Å². The van der Waals surface area contributed by atoms with E-state index < -0.39 is 6.10 Å². The van der Waals surface area contributed by atoms with Gasteiger partial charge in [0.2, 0.25) is 5.91 Å². The maximum absolute atomic E-state index is 11.4. The number of carbonyl (C=O) groups excluding carboxylic acids is 1. The Hall–Kier alpha value is -0.610. The molecule has 0 aromatic carbocycles. The van der Waals surface area contributed by atoms with Gasteiger partial charge in [-0.3, -0.25) is 4.79 Å². The molecule has 1 amide bonds. The number of hydrogen-bond donors (Lipinski definition) is 3. The van der Waals surface area contributed by atoms with Gasteiger partial charge in [-0.15, -0.1) is 0 Å². The number of amides is 1. The molecule has 3 N–H and O–H groups in total. The molecule has 1 aliphatic rings. The van der Waals surface area contributed by atoms with Crippen molar-refractivity contribution in [1.82, 2.24) is 5.32 Å². The molecule has 1 saturated carbocycles. The van der Waals surface area contributed by atoms with Crippen LogP contribution in [0.4, 0.5) is 0 Å². The Labute approximate surface area is 78.0 Å². The topological polar surface area (TPSA) is 69.6 Å². The molecule has 1 fully saturated rings. The second kappa shape index (κ2) is 5.19. The normalized spacial score (nSPS) is 20.2. The number of nitrogens with one attached hydrogen (secondary N) is 1. The number of aliphatic hydroxyl groups is 2. The van der Waals surface area contributed by atoms with Crippen molar-refractivity contribution in [1.29, 1.82) is 0 Å². The SMILES string of the molecule is O=C(NCC(O)CO)C1CCCC1. The lowest BCUT2D eigenvalue weighted by atomic mass is 10.1. The summed E-state index contributed by atoms with van der Waals surface area (Å²) in [5.74, 6) is 0.149. The van der Waals surface area contributed by atoms with Crippen LogP contribution in [0, 0.1) is 5.92 Å². The van der Waals surface area contributed by atoms with Gasteiger partial charge in [0.15, 0.2) is 0 Å². The zero-order chi connectivity index (χ0) is 9.68. The predicted octanol–water partition coefficient (Wildman–Crippen LogP) is -0.354. The lowest BCUT2D eigenvalue weighted by Gasteiger charge is -2.12. The molecule has 1 unspecified atom stereocenters. The highest BCUT2D eigenvalue weighted by atomic mass is 16.3. The third-order valence-electron chi connectivity index (χ3n) is 2.45. The van der Waals surface area contributed by atoms with Gasteiger partial charge < -0.3 is 15.5 Å². The molecule has 76 valence electrons. The largest absolute Gasteiger partial charge is 0.394 e.